The van der Waals surface area contributed by atoms with Gasteiger partial charge in [-0.05, 0) is 19.3 Å². The monoisotopic (exact) mass is 267 g/mol. The van der Waals surface area contributed by atoms with Crippen molar-refractivity contribution < 1.29 is 14.7 Å². The van der Waals surface area contributed by atoms with E-state index in [-0.39, 0.29) is 11.8 Å². The van der Waals surface area contributed by atoms with Gasteiger partial charge in [-0.1, -0.05) is 13.8 Å². The minimum atomic E-state index is -0.988. The fourth-order valence-corrected chi connectivity index (χ4v) is 2.00. The van der Waals surface area contributed by atoms with Crippen LogP contribution in [0.2, 0.25) is 0 Å². The van der Waals surface area contributed by atoms with Crippen molar-refractivity contribution in [2.45, 2.75) is 33.2 Å². The van der Waals surface area contributed by atoms with E-state index in [4.69, 9.17) is 0 Å². The molecule has 0 bridgehead atoms. The lowest BCUT2D eigenvalue weighted by Gasteiger charge is -2.25. The molecule has 1 atom stereocenters. The van der Waals surface area contributed by atoms with Gasteiger partial charge in [0.1, 0.15) is 6.04 Å². The number of amides is 1. The molecule has 1 N–H and O–H groups in total. The highest BCUT2D eigenvalue weighted by atomic mass is 16.4. The number of aromatic nitrogens is 2. The average Bonchev–Trinajstić information content (AvgIpc) is 2.63. The Hall–Kier alpha value is -1.85. The Bertz CT molecular complexity index is 479. The lowest BCUT2D eigenvalue weighted by atomic mass is 10.0. The van der Waals surface area contributed by atoms with Crippen LogP contribution in [0.1, 0.15) is 36.3 Å². The number of aryl methyl sites for hydroxylation is 2. The Kier molecular flexibility index (Phi) is 4.69. The largest absolute Gasteiger partial charge is 0.480 e. The molecule has 1 aromatic rings. The van der Waals surface area contributed by atoms with E-state index in [1.807, 2.05) is 13.8 Å². The third kappa shape index (κ3) is 3.56. The topological polar surface area (TPSA) is 75.4 Å². The van der Waals surface area contributed by atoms with E-state index in [1.165, 1.54) is 11.9 Å². The minimum Gasteiger partial charge on any atom is -0.480 e. The zero-order valence-electron chi connectivity index (χ0n) is 12.0. The fourth-order valence-electron chi connectivity index (χ4n) is 2.00. The Morgan fingerprint density at radius 3 is 2.42 bits per heavy atom. The molecule has 0 aliphatic carbocycles. The summed E-state index contributed by atoms with van der Waals surface area (Å²) in [5, 5.41) is 13.3. The van der Waals surface area contributed by atoms with Crippen LogP contribution in [0.5, 0.6) is 0 Å². The van der Waals surface area contributed by atoms with Gasteiger partial charge in [0, 0.05) is 25.9 Å². The zero-order chi connectivity index (χ0) is 14.7. The molecular weight excluding hydrogens is 246 g/mol. The molecule has 0 saturated heterocycles. The van der Waals surface area contributed by atoms with Crippen molar-refractivity contribution in [2.24, 2.45) is 13.0 Å². The van der Waals surface area contributed by atoms with E-state index in [2.05, 4.69) is 5.10 Å². The van der Waals surface area contributed by atoms with Crippen molar-refractivity contribution in [3.8, 4) is 0 Å². The Morgan fingerprint density at radius 1 is 1.47 bits per heavy atom. The van der Waals surface area contributed by atoms with Gasteiger partial charge in [0.05, 0.1) is 0 Å². The molecule has 0 aliphatic heterocycles. The summed E-state index contributed by atoms with van der Waals surface area (Å²) in [7, 11) is 3.24. The Balaban J connectivity index is 2.96. The number of nitrogens with zero attached hydrogens (tertiary/aromatic N) is 3. The summed E-state index contributed by atoms with van der Waals surface area (Å²) in [6, 6.07) is -0.825. The van der Waals surface area contributed by atoms with Crippen molar-refractivity contribution in [1.29, 1.82) is 0 Å². The Morgan fingerprint density at radius 2 is 2.05 bits per heavy atom. The summed E-state index contributed by atoms with van der Waals surface area (Å²) >= 11 is 0. The predicted molar refractivity (Wildman–Crippen MR) is 70.9 cm³/mol. The molecular formula is C13H21N3O3. The minimum absolute atomic E-state index is 0.196. The Labute approximate surface area is 113 Å². The molecule has 0 aromatic carbocycles. The van der Waals surface area contributed by atoms with Crippen LogP contribution in [-0.4, -0.2) is 44.8 Å². The smallest absolute Gasteiger partial charge is 0.326 e. The quantitative estimate of drug-likeness (QED) is 0.872. The number of carbonyl (C=O) groups excluding carboxylic acids is 1. The van der Waals surface area contributed by atoms with E-state index in [9.17, 15) is 14.7 Å². The molecule has 1 rings (SSSR count). The van der Waals surface area contributed by atoms with Gasteiger partial charge in [0.15, 0.2) is 5.69 Å². The van der Waals surface area contributed by atoms with Gasteiger partial charge in [-0.15, -0.1) is 0 Å². The van der Waals surface area contributed by atoms with Gasteiger partial charge in [0.2, 0.25) is 0 Å². The molecule has 0 spiro atoms. The molecule has 1 amide bonds. The number of rotatable bonds is 5. The lowest BCUT2D eigenvalue weighted by Crippen LogP contribution is -2.43. The third-order valence-corrected chi connectivity index (χ3v) is 2.98. The molecule has 1 aromatic heterocycles. The van der Waals surface area contributed by atoms with Gasteiger partial charge >= 0.3 is 5.97 Å². The number of carbonyl (C=O) groups is 2. The van der Waals surface area contributed by atoms with Crippen molar-refractivity contribution in [3.05, 3.63) is 17.5 Å². The van der Waals surface area contributed by atoms with Crippen LogP contribution < -0.4 is 0 Å². The number of carboxylic acid groups (broad SMARTS) is 1. The summed E-state index contributed by atoms with van der Waals surface area (Å²) < 4.78 is 1.55. The highest BCUT2D eigenvalue weighted by Gasteiger charge is 2.29. The van der Waals surface area contributed by atoms with Crippen LogP contribution in [0, 0.1) is 12.8 Å². The van der Waals surface area contributed by atoms with E-state index >= 15 is 0 Å². The second-order valence-corrected chi connectivity index (χ2v) is 5.23. The van der Waals surface area contributed by atoms with Crippen molar-refractivity contribution >= 4 is 11.9 Å². The second kappa shape index (κ2) is 5.86. The van der Waals surface area contributed by atoms with Crippen molar-refractivity contribution in [2.75, 3.05) is 7.05 Å². The lowest BCUT2D eigenvalue weighted by molar-refractivity contribution is -0.142. The molecule has 0 saturated carbocycles. The highest BCUT2D eigenvalue weighted by Crippen LogP contribution is 2.15. The van der Waals surface area contributed by atoms with Gasteiger partial charge < -0.3 is 10.0 Å². The summed E-state index contributed by atoms with van der Waals surface area (Å²) in [6.45, 7) is 5.65. The molecule has 0 radical (unpaired) electrons. The van der Waals surface area contributed by atoms with E-state index in [0.29, 0.717) is 12.1 Å². The van der Waals surface area contributed by atoms with Gasteiger partial charge in [-0.2, -0.15) is 5.10 Å². The molecule has 1 unspecified atom stereocenters. The number of hydrogen-bond donors (Lipinski definition) is 1. The van der Waals surface area contributed by atoms with E-state index in [0.717, 1.165) is 5.56 Å². The zero-order valence-corrected chi connectivity index (χ0v) is 12.0. The molecule has 6 nitrogen and oxygen atoms in total. The molecule has 1 heterocycles. The van der Waals surface area contributed by atoms with E-state index < -0.39 is 12.0 Å². The average molecular weight is 267 g/mol. The molecule has 0 fully saturated rings. The van der Waals surface area contributed by atoms with Crippen LogP contribution in [0.4, 0.5) is 0 Å². The first-order valence-corrected chi connectivity index (χ1v) is 6.24. The highest BCUT2D eigenvalue weighted by molar-refractivity contribution is 5.95. The van der Waals surface area contributed by atoms with Gasteiger partial charge in [0.25, 0.3) is 5.91 Å². The summed E-state index contributed by atoms with van der Waals surface area (Å²) in [6.07, 6.45) is 2.16. The number of hydrogen-bond acceptors (Lipinski definition) is 3. The molecule has 19 heavy (non-hydrogen) atoms. The fraction of sp³-hybridized carbons (Fsp3) is 0.615. The van der Waals surface area contributed by atoms with Crippen molar-refractivity contribution in [1.82, 2.24) is 14.7 Å². The van der Waals surface area contributed by atoms with Crippen LogP contribution in [0.25, 0.3) is 0 Å². The summed E-state index contributed by atoms with van der Waals surface area (Å²) in [5.41, 5.74) is 1.05. The van der Waals surface area contributed by atoms with Gasteiger partial charge in [-0.25, -0.2) is 4.79 Å². The third-order valence-electron chi connectivity index (χ3n) is 2.98. The SMILES string of the molecule is Cc1cn(C)nc1C(=O)N(C)C(CC(C)C)C(=O)O. The maximum absolute atomic E-state index is 12.3. The van der Waals surface area contributed by atoms with Crippen LogP contribution >= 0.6 is 0 Å². The first-order valence-electron chi connectivity index (χ1n) is 6.24. The standard InChI is InChI=1S/C13H21N3O3/c1-8(2)6-10(13(18)19)16(5)12(17)11-9(3)7-15(4)14-11/h7-8,10H,6H2,1-5H3,(H,18,19). The van der Waals surface area contributed by atoms with Crippen LogP contribution in [0.3, 0.4) is 0 Å². The summed E-state index contributed by atoms with van der Waals surface area (Å²) in [4.78, 5) is 24.8. The molecule has 0 aliphatic rings. The van der Waals surface area contributed by atoms with Crippen molar-refractivity contribution in [3.63, 3.8) is 0 Å². The normalized spacial score (nSPS) is 12.5. The number of likely N-dealkylation sites (N-methyl/N-ethyl adjacent to an activating group) is 1. The van der Waals surface area contributed by atoms with Crippen LogP contribution in [0.15, 0.2) is 6.20 Å². The predicted octanol–water partition coefficient (Wildman–Crippen LogP) is 1.30. The molecule has 106 valence electrons. The maximum atomic E-state index is 12.3. The number of carboxylic acids is 1. The van der Waals surface area contributed by atoms with E-state index in [1.54, 1.807) is 24.9 Å². The maximum Gasteiger partial charge on any atom is 0.326 e. The summed E-state index contributed by atoms with van der Waals surface area (Å²) in [5.74, 6) is -1.15. The first-order chi connectivity index (χ1) is 8.73. The molecule has 6 heteroatoms. The second-order valence-electron chi connectivity index (χ2n) is 5.23. The first kappa shape index (κ1) is 15.2. The van der Waals surface area contributed by atoms with Crippen LogP contribution in [-0.2, 0) is 11.8 Å². The number of aliphatic carboxylic acids is 1. The van der Waals surface area contributed by atoms with Gasteiger partial charge in [-0.3, -0.25) is 9.48 Å².